The second-order valence-corrected chi connectivity index (χ2v) is 0.585. The molecule has 0 saturated heterocycles. The van der Waals surface area contributed by atoms with Gasteiger partial charge in [0.1, 0.15) is 6.61 Å². The van der Waals surface area contributed by atoms with Crippen LogP contribution in [0.2, 0.25) is 0 Å². The fraction of sp³-hybridized carbons (Fsp3) is 0.200. The Hall–Kier alpha value is -1.03. The molecule has 0 spiro atoms. The van der Waals surface area contributed by atoms with Crippen LogP contribution in [0.25, 0.3) is 0 Å². The van der Waals surface area contributed by atoms with Crippen LogP contribution in [0, 0.1) is 51.7 Å². The summed E-state index contributed by atoms with van der Waals surface area (Å²) in [4.78, 5) is 0. The van der Waals surface area contributed by atoms with E-state index in [9.17, 15) is 0 Å². The van der Waals surface area contributed by atoms with Gasteiger partial charge >= 0.3 is 67.8 Å². The molecule has 0 unspecified atom stereocenters. The molecule has 0 aromatic rings. The number of hydrogen-bond acceptors (Lipinski definition) is 1. The van der Waals surface area contributed by atoms with Gasteiger partial charge in [0.15, 0.2) is 0 Å². The summed E-state index contributed by atoms with van der Waals surface area (Å²) >= 11 is 0. The third kappa shape index (κ3) is 4020. The van der Waals surface area contributed by atoms with E-state index in [-0.39, 0.29) is 40.2 Å². The van der Waals surface area contributed by atoms with Crippen molar-refractivity contribution in [3.63, 3.8) is 0 Å². The Morgan fingerprint density at radius 3 is 0.842 bits per heavy atom. The second kappa shape index (κ2) is 1110. The number of rotatable bonds is 0. The first-order valence-electron chi connectivity index (χ1n) is 2.64. The molecule has 9 heteroatoms. The molecule has 0 fully saturated rings. The van der Waals surface area contributed by atoms with Crippen molar-refractivity contribution in [2.75, 3.05) is 6.61 Å². The van der Waals surface area contributed by atoms with Crippen molar-refractivity contribution in [1.29, 1.82) is 0 Å². The molecule has 0 saturated carbocycles. The average Bonchev–Trinajstić information content (AvgIpc) is 2.52. The fourth-order valence-corrected chi connectivity index (χ4v) is 0.0791. The summed E-state index contributed by atoms with van der Waals surface area (Å²) in [6, 6.07) is 0. The minimum atomic E-state index is -0.0174. The first-order valence-corrected chi connectivity index (χ1v) is 2.64. The summed E-state index contributed by atoms with van der Waals surface area (Å²) in [5, 5.41) is 7.89. The fourth-order valence-electron chi connectivity index (χ4n) is 0.0791. The van der Waals surface area contributed by atoms with Crippen molar-refractivity contribution < 1.29 is 66.6 Å². The van der Waals surface area contributed by atoms with Gasteiger partial charge in [0, 0.05) is 33.6 Å². The van der Waals surface area contributed by atoms with Crippen LogP contribution in [0.1, 0.15) is 6.92 Å². The molecule has 0 aliphatic rings. The minimum Gasteiger partial charge on any atom is 0 e. The van der Waals surface area contributed by atoms with Crippen LogP contribution in [0.3, 0.4) is 0 Å². The Morgan fingerprint density at radius 2 is 0.842 bits per heavy atom. The molecule has 0 aromatic carbocycles. The van der Waals surface area contributed by atoms with Gasteiger partial charge in [0.05, 0.1) is 0 Å². The molecule has 0 aliphatic heterocycles. The Balaban J connectivity index is -0.00000000912. The molecular weight excluding hydrogens is 350 g/mol. The van der Waals surface area contributed by atoms with Crippen LogP contribution in [0.15, 0.2) is 0 Å². The van der Waals surface area contributed by atoms with Crippen molar-refractivity contribution in [3.8, 4) is 11.8 Å². The molecule has 2 radical (unpaired) electrons. The molecule has 0 aliphatic carbocycles. The predicted octanol–water partition coefficient (Wildman–Crippen LogP) is -0.228. The zero-order valence-corrected chi connectivity index (χ0v) is 11.4. The first-order chi connectivity index (χ1) is 8.41. The Kier molecular flexibility index (Phi) is 3770. The third-order valence-corrected chi connectivity index (χ3v) is 0.256. The van der Waals surface area contributed by atoms with Crippen molar-refractivity contribution in [3.05, 3.63) is 39.9 Å². The van der Waals surface area contributed by atoms with Crippen LogP contribution in [0.5, 0.6) is 0 Å². The Bertz CT molecular complexity index is 206. The Morgan fingerprint density at radius 1 is 0.684 bits per heavy atom. The van der Waals surface area contributed by atoms with Gasteiger partial charge in [-0.3, -0.25) is 0 Å². The van der Waals surface area contributed by atoms with E-state index in [1.807, 2.05) is 0 Å². The van der Waals surface area contributed by atoms with E-state index in [1.54, 1.807) is 6.92 Å². The summed E-state index contributed by atoms with van der Waals surface area (Å²) < 4.78 is 45.0. The summed E-state index contributed by atoms with van der Waals surface area (Å²) in [7, 11) is 0. The molecule has 0 aromatic heterocycles. The average molecular weight is 356 g/mol. The van der Waals surface area contributed by atoms with Crippen LogP contribution < -0.4 is 0 Å². The zero-order valence-electron chi connectivity index (χ0n) is 9.27. The molecule has 0 atom stereocenters. The van der Waals surface area contributed by atoms with E-state index in [4.69, 9.17) is 33.0 Å². The largest absolute Gasteiger partial charge is 0 e. The number of aliphatic hydroxyl groups is 1. The van der Waals surface area contributed by atoms with E-state index in [0.29, 0.717) is 0 Å². The van der Waals surface area contributed by atoms with Crippen LogP contribution in [-0.2, 0) is 61.5 Å². The van der Waals surface area contributed by atoms with Crippen LogP contribution in [0.4, 0.5) is 0 Å². The molecule has 0 rings (SSSR count). The van der Waals surface area contributed by atoms with Gasteiger partial charge in [0.2, 0.25) is 0 Å². The third-order valence-electron chi connectivity index (χ3n) is 0.256. The second-order valence-electron chi connectivity index (χ2n) is 0.585. The van der Waals surface area contributed by atoms with Gasteiger partial charge in [-0.15, -0.1) is 5.92 Å². The maximum Gasteiger partial charge on any atom is 0 e. The minimum absolute atomic E-state index is 0. The SMILES string of the molecule is CC#CCO.[C-]#[O+].[C-]#[O+].[C-]#[O+].[C-]#[O+].[C-]#[O+].[C-]#[O+].[Co].[Co]. The molecule has 7 nitrogen and oxygen atoms in total. The van der Waals surface area contributed by atoms with E-state index in [2.05, 4.69) is 51.7 Å². The maximum absolute atomic E-state index is 7.89. The first kappa shape index (κ1) is 64.3. The molecule has 1 N–H and O–H groups in total. The number of hydrogen-bond donors (Lipinski definition) is 1. The monoisotopic (exact) mass is 356 g/mol. The maximum atomic E-state index is 7.89. The smallest absolute Gasteiger partial charge is 0 e. The molecule has 0 bridgehead atoms. The molecule has 0 heterocycles. The van der Waals surface area contributed by atoms with Crippen LogP contribution >= 0.6 is 0 Å². The van der Waals surface area contributed by atoms with E-state index >= 15 is 0 Å². The van der Waals surface area contributed by atoms with Gasteiger partial charge in [-0.1, -0.05) is 5.92 Å². The Labute approximate surface area is 132 Å². The van der Waals surface area contributed by atoms with Crippen LogP contribution in [-0.4, -0.2) is 11.7 Å². The van der Waals surface area contributed by atoms with E-state index in [1.165, 1.54) is 0 Å². The van der Waals surface area contributed by atoms with Gasteiger partial charge in [-0.25, -0.2) is 0 Å². The summed E-state index contributed by atoms with van der Waals surface area (Å²) in [5.41, 5.74) is 0. The molecule has 19 heavy (non-hydrogen) atoms. The van der Waals surface area contributed by atoms with Gasteiger partial charge in [-0.05, 0) is 6.92 Å². The molecular formula is C10H6Co2O7. The zero-order chi connectivity index (χ0) is 16.1. The van der Waals surface area contributed by atoms with Gasteiger partial charge in [0.25, 0.3) is 0 Å². The van der Waals surface area contributed by atoms with Crippen molar-refractivity contribution in [1.82, 2.24) is 0 Å². The van der Waals surface area contributed by atoms with Crippen molar-refractivity contribution in [2.24, 2.45) is 0 Å². The topological polar surface area (TPSA) is 140 Å². The van der Waals surface area contributed by atoms with Gasteiger partial charge in [-0.2, -0.15) is 0 Å². The van der Waals surface area contributed by atoms with E-state index in [0.717, 1.165) is 0 Å². The van der Waals surface area contributed by atoms with E-state index < -0.39 is 0 Å². The van der Waals surface area contributed by atoms with Crippen molar-refractivity contribution in [2.45, 2.75) is 6.92 Å². The van der Waals surface area contributed by atoms with Crippen molar-refractivity contribution >= 4 is 0 Å². The standard InChI is InChI=1S/C4H6O.6CO.2Co/c1-2-3-4-5;6*1-2;;/h5H,4H2,1H3;;;;;;;;. The summed E-state index contributed by atoms with van der Waals surface area (Å²) in [5.74, 6) is 4.93. The van der Waals surface area contributed by atoms with Gasteiger partial charge < -0.3 is 5.11 Å². The normalized spacial score (nSPS) is 2.00. The molecule has 0 amide bonds. The number of aliphatic hydroxyl groups excluding tert-OH is 1. The predicted molar refractivity (Wildman–Crippen MR) is 44.1 cm³/mol. The molecule has 106 valence electrons. The summed E-state index contributed by atoms with van der Waals surface area (Å²) in [6.45, 7) is 28.7. The quantitative estimate of drug-likeness (QED) is 0.358. The summed E-state index contributed by atoms with van der Waals surface area (Å²) in [6.07, 6.45) is 0.